The third-order valence-corrected chi connectivity index (χ3v) is 10.2. The van der Waals surface area contributed by atoms with Crippen LogP contribution in [0, 0.1) is 23.7 Å². The fourth-order valence-corrected chi connectivity index (χ4v) is 7.90. The van der Waals surface area contributed by atoms with Crippen molar-refractivity contribution in [3.8, 4) is 0 Å². The Bertz CT molecular complexity index is 881. The first-order valence-corrected chi connectivity index (χ1v) is 14.9. The van der Waals surface area contributed by atoms with E-state index in [9.17, 15) is 9.90 Å². The normalized spacial score (nSPS) is 52.2. The van der Waals surface area contributed by atoms with Crippen LogP contribution in [0.25, 0.3) is 0 Å². The number of ether oxygens (including phenoxy) is 7. The van der Waals surface area contributed by atoms with Crippen LogP contribution in [-0.2, 0) is 38.0 Å². The summed E-state index contributed by atoms with van der Waals surface area (Å²) in [6.07, 6.45) is 1.48. The van der Waals surface area contributed by atoms with E-state index in [1.54, 1.807) is 6.92 Å². The molecule has 0 aromatic heterocycles. The Morgan fingerprint density at radius 2 is 1.55 bits per heavy atom. The predicted octanol–water partition coefficient (Wildman–Crippen LogP) is 0.725. The van der Waals surface area contributed by atoms with E-state index in [1.807, 2.05) is 0 Å². The van der Waals surface area contributed by atoms with Crippen molar-refractivity contribution >= 4 is 29.8 Å². The molecule has 15 atom stereocenters. The van der Waals surface area contributed by atoms with Gasteiger partial charge in [0.1, 0.15) is 18.0 Å². The summed E-state index contributed by atoms with van der Waals surface area (Å²) in [7, 11) is 0. The summed E-state index contributed by atoms with van der Waals surface area (Å²) in [5.41, 5.74) is 0. The second-order valence-corrected chi connectivity index (χ2v) is 13.0. The van der Waals surface area contributed by atoms with Gasteiger partial charge in [0.25, 0.3) is 0 Å². The number of aliphatic hydroxyl groups excluding tert-OH is 1. The molecule has 0 bridgehead atoms. The molecule has 9 nitrogen and oxygen atoms in total. The second kappa shape index (κ2) is 14.0. The molecule has 6 fully saturated rings. The van der Waals surface area contributed by atoms with Gasteiger partial charge in [-0.3, -0.25) is 4.79 Å². The zero-order valence-electron chi connectivity index (χ0n) is 25.9. The van der Waals surface area contributed by atoms with Crippen molar-refractivity contribution in [2.45, 2.75) is 140 Å². The van der Waals surface area contributed by atoms with Gasteiger partial charge in [0.2, 0.25) is 0 Å². The van der Waals surface area contributed by atoms with Crippen LogP contribution in [0.5, 0.6) is 0 Å². The van der Waals surface area contributed by atoms with Gasteiger partial charge in [-0.15, -0.1) is 24.0 Å². The van der Waals surface area contributed by atoms with Crippen molar-refractivity contribution in [1.29, 1.82) is 0 Å². The standard InChI is InChI=1S/C29H46O9.HI.K.H/c1-14-9-19-21(34-23-13-32-24(11-15(2)30)35-20(23)10-14)12-22-26(36-19)17(4)25(31)28-27(37-22)16(3)18(5)29(38-28)7-6-8-33-29;;;/h14,16-28,31H,6-13H2,1-5H3;1H;;/q;;+1;-1/t14-,16+,17+,18+,19+,20-,21-,22+,23+,24+,25+,26-,27-,28+,29?;;;/m1.../s1. The Morgan fingerprint density at radius 3 is 2.23 bits per heavy atom. The number of halogens is 1. The molecule has 226 valence electrons. The summed E-state index contributed by atoms with van der Waals surface area (Å²) in [4.78, 5) is 11.6. The van der Waals surface area contributed by atoms with E-state index >= 15 is 0 Å². The van der Waals surface area contributed by atoms with E-state index < -0.39 is 24.3 Å². The van der Waals surface area contributed by atoms with Gasteiger partial charge in [-0.25, -0.2) is 0 Å². The molecular weight excluding hydrogens is 658 g/mol. The molecule has 6 rings (SSSR count). The maximum Gasteiger partial charge on any atom is 1.00 e. The monoisotopic (exact) mass is 706 g/mol. The maximum absolute atomic E-state index is 11.6. The summed E-state index contributed by atoms with van der Waals surface area (Å²) in [6, 6.07) is 0. The largest absolute Gasteiger partial charge is 1.00 e. The summed E-state index contributed by atoms with van der Waals surface area (Å²) in [6.45, 7) is 11.3. The fraction of sp³-hybridized carbons (Fsp3) is 0.966. The first-order chi connectivity index (χ1) is 18.1. The number of aliphatic hydroxyl groups is 1. The molecule has 0 radical (unpaired) electrons. The molecule has 1 spiro atoms. The van der Waals surface area contributed by atoms with Crippen LogP contribution in [-0.4, -0.2) is 91.1 Å². The molecule has 0 aliphatic carbocycles. The van der Waals surface area contributed by atoms with E-state index in [0.717, 1.165) is 25.7 Å². The van der Waals surface area contributed by atoms with E-state index in [4.69, 9.17) is 33.2 Å². The molecule has 0 aromatic carbocycles. The van der Waals surface area contributed by atoms with Gasteiger partial charge in [0.15, 0.2) is 12.1 Å². The van der Waals surface area contributed by atoms with Crippen LogP contribution >= 0.6 is 24.0 Å². The van der Waals surface area contributed by atoms with Crippen LogP contribution in [0.3, 0.4) is 0 Å². The molecular formula is C29H48IKO9. The molecule has 6 saturated heterocycles. The molecule has 6 aliphatic heterocycles. The van der Waals surface area contributed by atoms with Gasteiger partial charge >= 0.3 is 51.4 Å². The van der Waals surface area contributed by atoms with Crippen molar-refractivity contribution in [2.24, 2.45) is 23.7 Å². The summed E-state index contributed by atoms with van der Waals surface area (Å²) >= 11 is 0. The van der Waals surface area contributed by atoms with Crippen molar-refractivity contribution in [3.05, 3.63) is 0 Å². The topological polar surface area (TPSA) is 102 Å². The molecule has 0 amide bonds. The molecule has 40 heavy (non-hydrogen) atoms. The molecule has 0 saturated carbocycles. The second-order valence-electron chi connectivity index (χ2n) is 13.0. The van der Waals surface area contributed by atoms with Gasteiger partial charge in [-0.05, 0) is 38.0 Å². The van der Waals surface area contributed by atoms with Crippen molar-refractivity contribution < 1.29 is 95.9 Å². The molecule has 11 heteroatoms. The fourth-order valence-electron chi connectivity index (χ4n) is 7.90. The summed E-state index contributed by atoms with van der Waals surface area (Å²) < 4.78 is 45.1. The van der Waals surface area contributed by atoms with Crippen molar-refractivity contribution in [2.75, 3.05) is 13.2 Å². The number of Topliss-reactive ketones (excluding diaryl/α,β-unsaturated/α-hetero) is 1. The molecule has 1 N–H and O–H groups in total. The maximum atomic E-state index is 11.6. The Kier molecular flexibility index (Phi) is 12.1. The van der Waals surface area contributed by atoms with Crippen molar-refractivity contribution in [1.82, 2.24) is 0 Å². The third-order valence-electron chi connectivity index (χ3n) is 10.2. The van der Waals surface area contributed by atoms with Gasteiger partial charge in [0.05, 0.1) is 62.4 Å². The summed E-state index contributed by atoms with van der Waals surface area (Å²) in [5, 5.41) is 11.6. The quantitative estimate of drug-likeness (QED) is 0.329. The number of hydrogen-bond acceptors (Lipinski definition) is 9. The SMILES string of the molecule is CC(=O)C[C@H]1OC[C@@H]2O[C@@H]3C[C@@H]4O[C@@H]5[C@@H](C)[C@H](C)C6(CCCO6)O[C@H]5[C@@H](O)[C@H](C)[C@H]4O[C@H]3C[C@@H](C)C[C@H]2O1.I.[H-].[K+]. The molecule has 6 heterocycles. The van der Waals surface area contributed by atoms with Crippen LogP contribution < -0.4 is 51.4 Å². The number of fused-ring (bicyclic) bond motifs is 4. The Morgan fingerprint density at radius 1 is 0.875 bits per heavy atom. The number of carbonyl (C=O) groups is 1. The average Bonchev–Trinajstić information content (AvgIpc) is 3.31. The van der Waals surface area contributed by atoms with E-state index in [1.165, 1.54) is 0 Å². The number of ketones is 1. The Balaban J connectivity index is 0.00000154. The average molecular weight is 707 g/mol. The van der Waals surface area contributed by atoms with Gasteiger partial charge in [-0.2, -0.15) is 0 Å². The minimum absolute atomic E-state index is 0. The zero-order chi connectivity index (χ0) is 26.8. The first kappa shape index (κ1) is 34.6. The van der Waals surface area contributed by atoms with Crippen LogP contribution in [0.2, 0.25) is 0 Å². The Hall–Kier alpha value is 1.72. The van der Waals surface area contributed by atoms with Gasteiger partial charge in [-0.1, -0.05) is 27.7 Å². The van der Waals surface area contributed by atoms with Crippen LogP contribution in [0.15, 0.2) is 0 Å². The molecule has 6 aliphatic rings. The number of rotatable bonds is 2. The van der Waals surface area contributed by atoms with E-state index in [0.29, 0.717) is 25.6 Å². The van der Waals surface area contributed by atoms with Gasteiger partial charge in [0, 0.05) is 24.7 Å². The zero-order valence-corrected chi connectivity index (χ0v) is 30.3. The van der Waals surface area contributed by atoms with Crippen LogP contribution in [0.1, 0.15) is 74.6 Å². The van der Waals surface area contributed by atoms with Gasteiger partial charge < -0.3 is 39.7 Å². The third kappa shape index (κ3) is 6.64. The Labute approximate surface area is 299 Å². The summed E-state index contributed by atoms with van der Waals surface area (Å²) in [5.74, 6) is -0.0743. The minimum atomic E-state index is -0.711. The minimum Gasteiger partial charge on any atom is -1.00 e. The van der Waals surface area contributed by atoms with Crippen molar-refractivity contribution in [3.63, 3.8) is 0 Å². The smallest absolute Gasteiger partial charge is 1.00 e. The van der Waals surface area contributed by atoms with Crippen LogP contribution in [0.4, 0.5) is 0 Å². The molecule has 0 aromatic rings. The van der Waals surface area contributed by atoms with E-state index in [-0.39, 0.29) is 149 Å². The first-order valence-electron chi connectivity index (χ1n) is 14.9. The predicted molar refractivity (Wildman–Crippen MR) is 152 cm³/mol. The number of carbonyl (C=O) groups excluding carboxylic acids is 1. The molecule has 1 unspecified atom stereocenters. The van der Waals surface area contributed by atoms with E-state index in [2.05, 4.69) is 27.7 Å². The number of hydrogen-bond donors (Lipinski definition) is 1.